The number of pyridine rings is 1. The lowest BCUT2D eigenvalue weighted by Gasteiger charge is -2.39. The minimum Gasteiger partial charge on any atom is -0.598 e. The molecule has 0 radical (unpaired) electrons. The zero-order valence-electron chi connectivity index (χ0n) is 20.8. The largest absolute Gasteiger partial charge is 0.598 e. The van der Waals surface area contributed by atoms with Crippen LogP contribution in [-0.4, -0.2) is 63.2 Å². The molecule has 3 unspecified atom stereocenters. The average Bonchev–Trinajstić information content (AvgIpc) is 2.68. The quantitative estimate of drug-likeness (QED) is 0.422. The van der Waals surface area contributed by atoms with Gasteiger partial charge >= 0.3 is 12.3 Å². The molecule has 0 saturated carbocycles. The minimum atomic E-state index is -4.94. The molecule has 1 amide bonds. The van der Waals surface area contributed by atoms with Gasteiger partial charge in [-0.25, -0.2) is 18.6 Å². The van der Waals surface area contributed by atoms with Crippen molar-refractivity contribution in [2.45, 2.75) is 82.4 Å². The third kappa shape index (κ3) is 7.56. The maximum atomic E-state index is 14.9. The molecule has 0 aliphatic carbocycles. The van der Waals surface area contributed by atoms with Gasteiger partial charge in [-0.3, -0.25) is 0 Å². The van der Waals surface area contributed by atoms with Crippen LogP contribution in [0.2, 0.25) is 0 Å². The summed E-state index contributed by atoms with van der Waals surface area (Å²) in [4.78, 5) is 17.4. The maximum Gasteiger partial charge on any atom is 0.412 e. The Morgan fingerprint density at radius 2 is 1.86 bits per heavy atom. The fourth-order valence-electron chi connectivity index (χ4n) is 3.39. The Balaban J connectivity index is 2.49. The van der Waals surface area contributed by atoms with Crippen LogP contribution in [0.1, 0.15) is 71.0 Å². The second-order valence-electron chi connectivity index (χ2n) is 10.3. The minimum absolute atomic E-state index is 0.211. The zero-order chi connectivity index (χ0) is 27.0. The van der Waals surface area contributed by atoms with E-state index in [9.17, 15) is 31.3 Å². The number of nitrogens with one attached hydrogen (secondary N) is 1. The molecule has 35 heavy (non-hydrogen) atoms. The molecule has 3 atom stereocenters. The molecule has 0 aromatic carbocycles. The van der Waals surface area contributed by atoms with E-state index < -0.39 is 76.3 Å². The number of nitrogens with zero attached hydrogens (tertiary/aromatic N) is 2. The first-order valence-electron chi connectivity index (χ1n) is 10.9. The normalized spacial score (nSPS) is 20.8. The summed E-state index contributed by atoms with van der Waals surface area (Å²) in [5.41, 5.74) is -1.65. The number of piperidine rings is 1. The summed E-state index contributed by atoms with van der Waals surface area (Å²) < 4.78 is 95.6. The van der Waals surface area contributed by atoms with Crippen molar-refractivity contribution in [3.8, 4) is 5.88 Å². The summed E-state index contributed by atoms with van der Waals surface area (Å²) in [6, 6.07) is -1.57. The first-order valence-corrected chi connectivity index (χ1v) is 12.1. The maximum absolute atomic E-state index is 14.9. The zero-order valence-corrected chi connectivity index (χ0v) is 21.6. The number of halogens is 5. The smallest absolute Gasteiger partial charge is 0.412 e. The van der Waals surface area contributed by atoms with E-state index in [-0.39, 0.29) is 12.1 Å². The highest BCUT2D eigenvalue weighted by atomic mass is 32.2. The molecule has 1 aliphatic rings. The molecule has 2 rings (SSSR count). The van der Waals surface area contributed by atoms with Crippen molar-refractivity contribution in [1.29, 1.82) is 0 Å². The van der Waals surface area contributed by atoms with Crippen LogP contribution in [0.25, 0.3) is 0 Å². The number of likely N-dealkylation sites (tertiary alicyclic amines) is 1. The summed E-state index contributed by atoms with van der Waals surface area (Å²) in [5, 5.41) is 0. The molecule has 2 heterocycles. The molecule has 1 aromatic rings. The SMILES string of the molecule is COc1ncc(C2CN(C(=O)OC(C)(C)C)CCC2(F)F)cc1C(N[S+]([O-])C(C)(C)C)C(F)(F)F. The van der Waals surface area contributed by atoms with Gasteiger partial charge in [0.15, 0.2) is 6.04 Å². The number of carbonyl (C=O) groups excluding carboxylic acids is 1. The van der Waals surface area contributed by atoms with Gasteiger partial charge in [-0.1, -0.05) is 0 Å². The van der Waals surface area contributed by atoms with Gasteiger partial charge in [0, 0.05) is 42.6 Å². The van der Waals surface area contributed by atoms with Crippen LogP contribution in [0, 0.1) is 0 Å². The molecule has 1 aliphatic heterocycles. The molecule has 1 N–H and O–H groups in total. The van der Waals surface area contributed by atoms with Gasteiger partial charge in [-0.2, -0.15) is 13.2 Å². The van der Waals surface area contributed by atoms with Crippen molar-refractivity contribution in [3.05, 3.63) is 23.4 Å². The number of hydrogen-bond acceptors (Lipinski definition) is 6. The van der Waals surface area contributed by atoms with E-state index in [1.54, 1.807) is 20.8 Å². The Hall–Kier alpha value is -1.86. The van der Waals surface area contributed by atoms with Crippen molar-refractivity contribution in [3.63, 3.8) is 0 Å². The van der Waals surface area contributed by atoms with Gasteiger partial charge in [0.05, 0.1) is 13.0 Å². The number of ether oxygens (including phenoxy) is 2. The van der Waals surface area contributed by atoms with Crippen molar-refractivity contribution in [2.75, 3.05) is 20.2 Å². The third-order valence-electron chi connectivity index (χ3n) is 5.19. The summed E-state index contributed by atoms with van der Waals surface area (Å²) in [6.45, 7) is 8.61. The van der Waals surface area contributed by atoms with Crippen molar-refractivity contribution < 1.29 is 40.8 Å². The van der Waals surface area contributed by atoms with E-state index in [1.807, 2.05) is 4.72 Å². The number of aromatic nitrogens is 1. The summed E-state index contributed by atoms with van der Waals surface area (Å²) >= 11 is -2.14. The average molecular weight is 530 g/mol. The van der Waals surface area contributed by atoms with Crippen LogP contribution in [0.3, 0.4) is 0 Å². The van der Waals surface area contributed by atoms with Gasteiger partial charge in [-0.05, 0) is 53.2 Å². The molecule has 0 bridgehead atoms. The lowest BCUT2D eigenvalue weighted by Crippen LogP contribution is -2.49. The Bertz CT molecular complexity index is 903. The Kier molecular flexibility index (Phi) is 8.60. The van der Waals surface area contributed by atoms with Crippen LogP contribution in [0.15, 0.2) is 12.3 Å². The number of alkyl halides is 5. The molecule has 200 valence electrons. The first-order chi connectivity index (χ1) is 15.8. The lowest BCUT2D eigenvalue weighted by atomic mass is 9.87. The molecule has 7 nitrogen and oxygen atoms in total. The lowest BCUT2D eigenvalue weighted by molar-refractivity contribution is -0.153. The molecule has 1 saturated heterocycles. The molecule has 1 fully saturated rings. The van der Waals surface area contributed by atoms with E-state index in [1.165, 1.54) is 20.8 Å². The van der Waals surface area contributed by atoms with Gasteiger partial charge in [0.25, 0.3) is 5.92 Å². The molecule has 1 aromatic heterocycles. The van der Waals surface area contributed by atoms with E-state index >= 15 is 0 Å². The van der Waals surface area contributed by atoms with E-state index in [0.717, 1.165) is 24.3 Å². The van der Waals surface area contributed by atoms with Gasteiger partial charge < -0.3 is 18.9 Å². The Morgan fingerprint density at radius 3 is 2.34 bits per heavy atom. The van der Waals surface area contributed by atoms with Crippen molar-refractivity contribution in [1.82, 2.24) is 14.6 Å². The molecular formula is C22H32F5N3O4S. The van der Waals surface area contributed by atoms with Crippen molar-refractivity contribution >= 4 is 17.5 Å². The van der Waals surface area contributed by atoms with Gasteiger partial charge in [0.2, 0.25) is 5.88 Å². The van der Waals surface area contributed by atoms with Gasteiger partial charge in [0.1, 0.15) is 10.3 Å². The standard InChI is InChI=1S/C22H32F5N3O4S/c1-19(2,3)34-18(31)30-9-8-21(23,24)15(12-30)13-10-14(17(33-7)28-11-13)16(22(25,26)27)29-35(32)20(4,5)6/h10-11,15-16,29H,8-9,12H2,1-7H3. The summed E-state index contributed by atoms with van der Waals surface area (Å²) in [7, 11) is 1.10. The first kappa shape index (κ1) is 29.4. The van der Waals surface area contributed by atoms with Crippen LogP contribution in [0.5, 0.6) is 5.88 Å². The van der Waals surface area contributed by atoms with E-state index in [4.69, 9.17) is 9.47 Å². The van der Waals surface area contributed by atoms with Crippen LogP contribution >= 0.6 is 0 Å². The highest BCUT2D eigenvalue weighted by Crippen LogP contribution is 2.44. The monoisotopic (exact) mass is 529 g/mol. The Labute approximate surface area is 205 Å². The number of carbonyl (C=O) groups is 1. The van der Waals surface area contributed by atoms with Crippen LogP contribution in [0.4, 0.5) is 26.7 Å². The second-order valence-corrected chi connectivity index (χ2v) is 12.3. The number of amides is 1. The molecular weight excluding hydrogens is 497 g/mol. The highest BCUT2D eigenvalue weighted by molar-refractivity contribution is 7.90. The molecule has 0 spiro atoms. The van der Waals surface area contributed by atoms with Crippen LogP contribution < -0.4 is 9.46 Å². The predicted octanol–water partition coefficient (Wildman–Crippen LogP) is 5.11. The summed E-state index contributed by atoms with van der Waals surface area (Å²) in [5.74, 6) is -5.40. The topological polar surface area (TPSA) is 86.8 Å². The number of hydrogen-bond donors (Lipinski definition) is 1. The third-order valence-corrected chi connectivity index (χ3v) is 6.76. The van der Waals surface area contributed by atoms with E-state index in [2.05, 4.69) is 4.98 Å². The van der Waals surface area contributed by atoms with Gasteiger partial charge in [-0.15, -0.1) is 4.72 Å². The number of rotatable bonds is 5. The predicted molar refractivity (Wildman–Crippen MR) is 121 cm³/mol. The van der Waals surface area contributed by atoms with Crippen LogP contribution in [-0.2, 0) is 16.1 Å². The second kappa shape index (κ2) is 10.3. The van der Waals surface area contributed by atoms with Crippen molar-refractivity contribution in [2.24, 2.45) is 0 Å². The fraction of sp³-hybridized carbons (Fsp3) is 0.727. The summed E-state index contributed by atoms with van der Waals surface area (Å²) in [6.07, 6.45) is -5.43. The number of methoxy groups -OCH3 is 1. The highest BCUT2D eigenvalue weighted by Gasteiger charge is 2.50. The Morgan fingerprint density at radius 1 is 1.26 bits per heavy atom. The van der Waals surface area contributed by atoms with E-state index in [0.29, 0.717) is 0 Å². The molecule has 13 heteroatoms. The fourth-order valence-corrected chi connectivity index (χ4v) is 4.22.